The zero-order valence-corrected chi connectivity index (χ0v) is 16.1. The maximum atomic E-state index is 14.2. The number of hydrogen-bond donors (Lipinski definition) is 1. The van der Waals surface area contributed by atoms with Crippen molar-refractivity contribution >= 4 is 28.4 Å². The summed E-state index contributed by atoms with van der Waals surface area (Å²) in [6, 6.07) is 7.57. The Morgan fingerprint density at radius 1 is 1.36 bits per heavy atom. The number of rotatable bonds is 7. The predicted molar refractivity (Wildman–Crippen MR) is 100 cm³/mol. The number of ether oxygens (including phenoxy) is 1. The normalized spacial score (nSPS) is 12.2. The number of ketones is 1. The van der Waals surface area contributed by atoms with Crippen molar-refractivity contribution in [1.82, 2.24) is 4.57 Å². The molecule has 1 aromatic carbocycles. The fraction of sp³-hybridized carbons (Fsp3) is 0.333. The number of carbonyl (C=O) groups is 1. The summed E-state index contributed by atoms with van der Waals surface area (Å²) in [7, 11) is 1.55. The third kappa shape index (κ3) is 5.20. The van der Waals surface area contributed by atoms with E-state index in [4.69, 9.17) is 4.74 Å². The van der Waals surface area contributed by atoms with E-state index in [9.17, 15) is 19.1 Å². The molecule has 2 rings (SSSR count). The highest BCUT2D eigenvalue weighted by Crippen LogP contribution is 2.18. The van der Waals surface area contributed by atoms with Gasteiger partial charge in [0.1, 0.15) is 12.4 Å². The average molecular weight is 459 g/mol. The standard InChI is InChI=1S/C18H19FINO4/c1-11(22)9-25-10-17(23)14-5-6-18(24)21(2)16(14)7-12-3-4-13(20)8-15(12)19/h3-6,8,11,22H,7,9-10H2,1-2H3/t11-/m0/s1. The van der Waals surface area contributed by atoms with Gasteiger partial charge in [-0.3, -0.25) is 9.59 Å². The maximum Gasteiger partial charge on any atom is 0.250 e. The quantitative estimate of drug-likeness (QED) is 0.510. The second-order valence-electron chi connectivity index (χ2n) is 5.79. The Labute approximate surface area is 158 Å². The molecule has 5 nitrogen and oxygen atoms in total. The van der Waals surface area contributed by atoms with Crippen molar-refractivity contribution in [3.63, 3.8) is 0 Å². The summed E-state index contributed by atoms with van der Waals surface area (Å²) in [5.41, 5.74) is 0.867. The van der Waals surface area contributed by atoms with Gasteiger partial charge in [-0.2, -0.15) is 0 Å². The molecule has 134 valence electrons. The monoisotopic (exact) mass is 459 g/mol. The van der Waals surface area contributed by atoms with Crippen molar-refractivity contribution in [3.05, 3.63) is 66.9 Å². The summed E-state index contributed by atoms with van der Waals surface area (Å²) in [5.74, 6) is -0.705. The van der Waals surface area contributed by atoms with Crippen molar-refractivity contribution in [3.8, 4) is 0 Å². The van der Waals surface area contributed by atoms with Crippen LogP contribution in [0.3, 0.4) is 0 Å². The van der Waals surface area contributed by atoms with E-state index in [2.05, 4.69) is 0 Å². The molecule has 25 heavy (non-hydrogen) atoms. The molecule has 0 aliphatic rings. The molecule has 0 aliphatic heterocycles. The summed E-state index contributed by atoms with van der Waals surface area (Å²) >= 11 is 2.02. The lowest BCUT2D eigenvalue weighted by Crippen LogP contribution is -2.25. The predicted octanol–water partition coefficient (Wildman–Crippen LogP) is 2.30. The van der Waals surface area contributed by atoms with Crippen LogP contribution in [0.25, 0.3) is 0 Å². The molecule has 0 amide bonds. The summed E-state index contributed by atoms with van der Waals surface area (Å²) < 4.78 is 21.4. The molecule has 2 aromatic rings. The number of halogens is 2. The van der Waals surface area contributed by atoms with Crippen LogP contribution in [0.2, 0.25) is 0 Å². The van der Waals surface area contributed by atoms with Crippen molar-refractivity contribution in [2.24, 2.45) is 7.05 Å². The molecule has 1 atom stereocenters. The summed E-state index contributed by atoms with van der Waals surface area (Å²) in [4.78, 5) is 24.4. The molecular formula is C18H19FINO4. The average Bonchev–Trinajstić information content (AvgIpc) is 2.53. The van der Waals surface area contributed by atoms with Gasteiger partial charge in [-0.25, -0.2) is 4.39 Å². The first-order chi connectivity index (χ1) is 11.8. The van der Waals surface area contributed by atoms with Gasteiger partial charge in [0.05, 0.1) is 12.7 Å². The van der Waals surface area contributed by atoms with Gasteiger partial charge < -0.3 is 14.4 Å². The van der Waals surface area contributed by atoms with E-state index in [0.717, 1.165) is 3.57 Å². The topological polar surface area (TPSA) is 68.5 Å². The van der Waals surface area contributed by atoms with Crippen molar-refractivity contribution in [2.75, 3.05) is 13.2 Å². The minimum atomic E-state index is -0.673. The highest BCUT2D eigenvalue weighted by atomic mass is 127. The van der Waals surface area contributed by atoms with E-state index < -0.39 is 6.10 Å². The van der Waals surface area contributed by atoms with Crippen LogP contribution < -0.4 is 5.56 Å². The van der Waals surface area contributed by atoms with E-state index in [0.29, 0.717) is 16.8 Å². The number of carbonyl (C=O) groups excluding carboxylic acids is 1. The van der Waals surface area contributed by atoms with Gasteiger partial charge in [-0.15, -0.1) is 0 Å². The van der Waals surface area contributed by atoms with Gasteiger partial charge in [0.25, 0.3) is 5.56 Å². The molecular weight excluding hydrogens is 440 g/mol. The minimum absolute atomic E-state index is 0.0403. The number of pyridine rings is 1. The van der Waals surface area contributed by atoms with Gasteiger partial charge in [0.15, 0.2) is 5.78 Å². The van der Waals surface area contributed by atoms with Crippen molar-refractivity contribution < 1.29 is 19.0 Å². The Kier molecular flexibility index (Phi) is 6.86. The number of aliphatic hydroxyl groups excluding tert-OH is 1. The number of nitrogens with zero attached hydrogens (tertiary/aromatic N) is 1. The fourth-order valence-electron chi connectivity index (χ4n) is 2.39. The Balaban J connectivity index is 2.34. The van der Waals surface area contributed by atoms with E-state index in [1.54, 1.807) is 26.1 Å². The molecule has 1 N–H and O–H groups in total. The zero-order valence-electron chi connectivity index (χ0n) is 14.0. The molecule has 0 unspecified atom stereocenters. The second kappa shape index (κ2) is 8.68. The van der Waals surface area contributed by atoms with Gasteiger partial charge in [0, 0.05) is 34.4 Å². The molecule has 0 radical (unpaired) electrons. The first kappa shape index (κ1) is 19.7. The number of benzene rings is 1. The number of aromatic nitrogens is 1. The van der Waals surface area contributed by atoms with E-state index in [-0.39, 0.29) is 36.8 Å². The third-order valence-corrected chi connectivity index (χ3v) is 4.38. The Morgan fingerprint density at radius 2 is 2.08 bits per heavy atom. The molecule has 0 aliphatic carbocycles. The molecule has 0 bridgehead atoms. The van der Waals surface area contributed by atoms with Crippen LogP contribution in [0, 0.1) is 9.39 Å². The first-order valence-corrected chi connectivity index (χ1v) is 8.79. The highest BCUT2D eigenvalue weighted by molar-refractivity contribution is 14.1. The maximum absolute atomic E-state index is 14.2. The second-order valence-corrected chi connectivity index (χ2v) is 7.04. The van der Waals surface area contributed by atoms with Gasteiger partial charge in [0.2, 0.25) is 0 Å². The van der Waals surface area contributed by atoms with Crippen LogP contribution in [-0.2, 0) is 18.2 Å². The van der Waals surface area contributed by atoms with Crippen LogP contribution in [0.4, 0.5) is 4.39 Å². The van der Waals surface area contributed by atoms with Gasteiger partial charge in [-0.1, -0.05) is 6.07 Å². The number of hydrogen-bond acceptors (Lipinski definition) is 4. The fourth-order valence-corrected chi connectivity index (χ4v) is 2.84. The van der Waals surface area contributed by atoms with E-state index >= 15 is 0 Å². The molecule has 0 saturated carbocycles. The van der Waals surface area contributed by atoms with Crippen LogP contribution in [0.15, 0.2) is 35.1 Å². The van der Waals surface area contributed by atoms with E-state index in [1.807, 2.05) is 22.6 Å². The summed E-state index contributed by atoms with van der Waals surface area (Å²) in [6.45, 7) is 1.38. The van der Waals surface area contributed by atoms with E-state index in [1.165, 1.54) is 22.8 Å². The first-order valence-electron chi connectivity index (χ1n) is 7.71. The molecule has 7 heteroatoms. The number of Topliss-reactive ketones (excluding diaryl/α,β-unsaturated/α-hetero) is 1. The molecule has 0 saturated heterocycles. The smallest absolute Gasteiger partial charge is 0.250 e. The summed E-state index contributed by atoms with van der Waals surface area (Å²) in [5, 5.41) is 9.19. The SMILES string of the molecule is C[C@H](O)COCC(=O)c1ccc(=O)n(C)c1Cc1ccc(I)cc1F. The Morgan fingerprint density at radius 3 is 2.72 bits per heavy atom. The summed E-state index contributed by atoms with van der Waals surface area (Å²) in [6.07, 6.45) is -0.555. The molecule has 0 fully saturated rings. The Hall–Kier alpha value is -1.58. The van der Waals surface area contributed by atoms with Crippen LogP contribution >= 0.6 is 22.6 Å². The van der Waals surface area contributed by atoms with Gasteiger partial charge in [-0.05, 0) is 53.3 Å². The lowest BCUT2D eigenvalue weighted by molar-refractivity contribution is 0.0424. The largest absolute Gasteiger partial charge is 0.391 e. The van der Waals surface area contributed by atoms with Gasteiger partial charge >= 0.3 is 0 Å². The molecule has 0 spiro atoms. The Bertz CT molecular complexity index is 832. The third-order valence-electron chi connectivity index (χ3n) is 3.70. The van der Waals surface area contributed by atoms with Crippen LogP contribution in [0.5, 0.6) is 0 Å². The number of aliphatic hydroxyl groups is 1. The van der Waals surface area contributed by atoms with Crippen molar-refractivity contribution in [2.45, 2.75) is 19.4 Å². The molecule has 1 heterocycles. The minimum Gasteiger partial charge on any atom is -0.391 e. The lowest BCUT2D eigenvalue weighted by Gasteiger charge is -2.14. The van der Waals surface area contributed by atoms with Crippen LogP contribution in [-0.4, -0.2) is 34.8 Å². The molecule has 1 aromatic heterocycles. The van der Waals surface area contributed by atoms with Crippen LogP contribution in [0.1, 0.15) is 28.5 Å². The zero-order chi connectivity index (χ0) is 18.6. The van der Waals surface area contributed by atoms with Crippen molar-refractivity contribution in [1.29, 1.82) is 0 Å². The highest BCUT2D eigenvalue weighted by Gasteiger charge is 2.17. The lowest BCUT2D eigenvalue weighted by atomic mass is 10.0.